The number of nitrogens with zero attached hydrogens (tertiary/aromatic N) is 2. The van der Waals surface area contributed by atoms with Gasteiger partial charge in [0.1, 0.15) is 6.33 Å². The van der Waals surface area contributed by atoms with Gasteiger partial charge in [0.25, 0.3) is 0 Å². The summed E-state index contributed by atoms with van der Waals surface area (Å²) in [6, 6.07) is 4.78. The Morgan fingerprint density at radius 3 is 2.95 bits per heavy atom. The number of ether oxygens (including phenoxy) is 1. The van der Waals surface area contributed by atoms with Crippen LogP contribution in [0.4, 0.5) is 0 Å². The molecule has 0 amide bonds. The van der Waals surface area contributed by atoms with E-state index in [0.717, 1.165) is 17.7 Å². The summed E-state index contributed by atoms with van der Waals surface area (Å²) in [6.07, 6.45) is 5.06. The van der Waals surface area contributed by atoms with Crippen LogP contribution in [0.3, 0.4) is 0 Å². The summed E-state index contributed by atoms with van der Waals surface area (Å²) in [5, 5.41) is 9.70. The molecule has 1 aromatic heterocycles. The average Bonchev–Trinajstić information content (AvgIpc) is 3.22. The quantitative estimate of drug-likeness (QED) is 0.892. The maximum atomic E-state index is 10.9. The highest BCUT2D eigenvalue weighted by Gasteiger charge is 2.21. The van der Waals surface area contributed by atoms with Crippen LogP contribution in [0, 0.1) is 5.92 Å². The van der Waals surface area contributed by atoms with E-state index in [1.54, 1.807) is 12.1 Å². The van der Waals surface area contributed by atoms with Crippen LogP contribution >= 0.6 is 0 Å². The van der Waals surface area contributed by atoms with Crippen LogP contribution in [0.25, 0.3) is 10.9 Å². The van der Waals surface area contributed by atoms with E-state index in [1.807, 2.05) is 0 Å². The Morgan fingerprint density at radius 1 is 1.37 bits per heavy atom. The first-order valence-corrected chi connectivity index (χ1v) is 6.35. The van der Waals surface area contributed by atoms with Crippen LogP contribution in [0.2, 0.25) is 0 Å². The number of rotatable bonds is 5. The fourth-order valence-corrected chi connectivity index (χ4v) is 2.01. The first-order chi connectivity index (χ1) is 9.24. The normalized spacial score (nSPS) is 14.5. The molecule has 0 atom stereocenters. The summed E-state index contributed by atoms with van der Waals surface area (Å²) in [5.41, 5.74) is 0.812. The van der Waals surface area contributed by atoms with Gasteiger partial charge in [0, 0.05) is 0 Å². The number of hydrogen-bond donors (Lipinski definition) is 1. The van der Waals surface area contributed by atoms with Crippen LogP contribution in [0.5, 0.6) is 5.88 Å². The first kappa shape index (κ1) is 11.9. The molecule has 1 aromatic carbocycles. The molecule has 0 aliphatic heterocycles. The first-order valence-electron chi connectivity index (χ1n) is 6.35. The van der Waals surface area contributed by atoms with E-state index in [1.165, 1.54) is 25.2 Å². The van der Waals surface area contributed by atoms with E-state index in [9.17, 15) is 4.79 Å². The van der Waals surface area contributed by atoms with Gasteiger partial charge in [0.05, 0.1) is 23.1 Å². The lowest BCUT2D eigenvalue weighted by molar-refractivity contribution is 0.0697. The van der Waals surface area contributed by atoms with Crippen molar-refractivity contribution < 1.29 is 14.6 Å². The summed E-state index contributed by atoms with van der Waals surface area (Å²) in [7, 11) is 0. The Kier molecular flexibility index (Phi) is 3.03. The highest BCUT2D eigenvalue weighted by atomic mass is 16.5. The number of hydrogen-bond acceptors (Lipinski definition) is 4. The third kappa shape index (κ3) is 2.65. The van der Waals surface area contributed by atoms with Gasteiger partial charge in [0.2, 0.25) is 5.88 Å². The number of carboxylic acids is 1. The highest BCUT2D eigenvalue weighted by molar-refractivity contribution is 5.94. The van der Waals surface area contributed by atoms with Crippen molar-refractivity contribution in [3.8, 4) is 5.88 Å². The molecule has 2 aromatic rings. The Morgan fingerprint density at radius 2 is 2.21 bits per heavy atom. The van der Waals surface area contributed by atoms with Crippen molar-refractivity contribution in [2.75, 3.05) is 6.61 Å². The van der Waals surface area contributed by atoms with Gasteiger partial charge in [-0.3, -0.25) is 0 Å². The van der Waals surface area contributed by atoms with Crippen molar-refractivity contribution in [1.29, 1.82) is 0 Å². The van der Waals surface area contributed by atoms with Crippen molar-refractivity contribution >= 4 is 16.9 Å². The van der Waals surface area contributed by atoms with Gasteiger partial charge in [-0.15, -0.1) is 0 Å². The predicted octanol–water partition coefficient (Wildman–Crippen LogP) is 2.51. The zero-order valence-corrected chi connectivity index (χ0v) is 10.4. The minimum Gasteiger partial charge on any atom is -0.478 e. The molecule has 3 rings (SSSR count). The van der Waals surface area contributed by atoms with Gasteiger partial charge in [0.15, 0.2) is 0 Å². The molecule has 5 nitrogen and oxygen atoms in total. The molecule has 1 aliphatic rings. The number of carboxylic acid groups (broad SMARTS) is 1. The maximum Gasteiger partial charge on any atom is 0.335 e. The molecule has 0 radical (unpaired) electrons. The molecule has 0 bridgehead atoms. The van der Waals surface area contributed by atoms with E-state index in [2.05, 4.69) is 9.97 Å². The highest BCUT2D eigenvalue weighted by Crippen LogP contribution is 2.32. The standard InChI is InChI=1S/C14H14N2O3/c17-14(18)10-3-4-11-12(7-10)15-8-16-13(11)19-6-5-9-1-2-9/h3-4,7-9H,1-2,5-6H2,(H,17,18). The number of benzene rings is 1. The second kappa shape index (κ2) is 4.84. The molecular weight excluding hydrogens is 244 g/mol. The van der Waals surface area contributed by atoms with Crippen molar-refractivity contribution in [2.24, 2.45) is 5.92 Å². The Labute approximate surface area is 110 Å². The summed E-state index contributed by atoms with van der Waals surface area (Å²) in [6.45, 7) is 0.650. The van der Waals surface area contributed by atoms with Crippen LogP contribution in [0.1, 0.15) is 29.6 Å². The van der Waals surface area contributed by atoms with Crippen LogP contribution in [-0.4, -0.2) is 27.7 Å². The molecule has 19 heavy (non-hydrogen) atoms. The van der Waals surface area contributed by atoms with Crippen molar-refractivity contribution in [1.82, 2.24) is 9.97 Å². The van der Waals surface area contributed by atoms with E-state index in [0.29, 0.717) is 18.0 Å². The summed E-state index contributed by atoms with van der Waals surface area (Å²) in [5.74, 6) is 0.381. The van der Waals surface area contributed by atoms with E-state index >= 15 is 0 Å². The molecule has 0 spiro atoms. The molecule has 0 unspecified atom stereocenters. The number of aromatic carboxylic acids is 1. The van der Waals surface area contributed by atoms with Gasteiger partial charge in [-0.2, -0.15) is 0 Å². The van der Waals surface area contributed by atoms with Crippen molar-refractivity contribution in [3.63, 3.8) is 0 Å². The molecule has 98 valence electrons. The minimum absolute atomic E-state index is 0.218. The fourth-order valence-electron chi connectivity index (χ4n) is 2.01. The smallest absolute Gasteiger partial charge is 0.335 e. The third-order valence-electron chi connectivity index (χ3n) is 3.31. The van der Waals surface area contributed by atoms with Crippen molar-refractivity contribution in [3.05, 3.63) is 30.1 Å². The average molecular weight is 258 g/mol. The van der Waals surface area contributed by atoms with Gasteiger partial charge in [-0.1, -0.05) is 12.8 Å². The Bertz CT molecular complexity index is 623. The topological polar surface area (TPSA) is 72.3 Å². The van der Waals surface area contributed by atoms with Crippen LogP contribution in [0.15, 0.2) is 24.5 Å². The number of aromatic nitrogens is 2. The minimum atomic E-state index is -0.961. The largest absolute Gasteiger partial charge is 0.478 e. The van der Waals surface area contributed by atoms with Crippen LogP contribution in [-0.2, 0) is 0 Å². The second-order valence-corrected chi connectivity index (χ2v) is 4.80. The van der Waals surface area contributed by atoms with Crippen molar-refractivity contribution in [2.45, 2.75) is 19.3 Å². The Balaban J connectivity index is 1.84. The number of fused-ring (bicyclic) bond motifs is 1. The Hall–Kier alpha value is -2.17. The summed E-state index contributed by atoms with van der Waals surface area (Å²) >= 11 is 0. The van der Waals surface area contributed by atoms with Gasteiger partial charge in [-0.05, 0) is 30.5 Å². The monoisotopic (exact) mass is 258 g/mol. The molecule has 1 aliphatic carbocycles. The number of carbonyl (C=O) groups is 1. The lowest BCUT2D eigenvalue weighted by Crippen LogP contribution is -2.02. The molecule has 1 N–H and O–H groups in total. The summed E-state index contributed by atoms with van der Waals surface area (Å²) in [4.78, 5) is 19.1. The summed E-state index contributed by atoms with van der Waals surface area (Å²) < 4.78 is 5.67. The third-order valence-corrected chi connectivity index (χ3v) is 3.31. The molecule has 1 fully saturated rings. The maximum absolute atomic E-state index is 10.9. The van der Waals surface area contributed by atoms with Gasteiger partial charge >= 0.3 is 5.97 Å². The molecular formula is C14H14N2O3. The van der Waals surface area contributed by atoms with Gasteiger partial charge in [-0.25, -0.2) is 14.8 Å². The van der Waals surface area contributed by atoms with Crippen LogP contribution < -0.4 is 4.74 Å². The van der Waals surface area contributed by atoms with E-state index < -0.39 is 5.97 Å². The SMILES string of the molecule is O=C(O)c1ccc2c(OCCC3CC3)ncnc2c1. The fraction of sp³-hybridized carbons (Fsp3) is 0.357. The zero-order valence-electron chi connectivity index (χ0n) is 10.4. The zero-order chi connectivity index (χ0) is 13.2. The van der Waals surface area contributed by atoms with E-state index in [-0.39, 0.29) is 5.56 Å². The lowest BCUT2D eigenvalue weighted by atomic mass is 10.1. The molecule has 0 saturated heterocycles. The lowest BCUT2D eigenvalue weighted by Gasteiger charge is -2.07. The van der Waals surface area contributed by atoms with Gasteiger partial charge < -0.3 is 9.84 Å². The second-order valence-electron chi connectivity index (χ2n) is 4.80. The molecule has 1 heterocycles. The molecule has 5 heteroatoms. The molecule has 1 saturated carbocycles. The van der Waals surface area contributed by atoms with E-state index in [4.69, 9.17) is 9.84 Å². The predicted molar refractivity (Wildman–Crippen MR) is 69.3 cm³/mol.